The Hall–Kier alpha value is -1.30. The molecule has 0 saturated carbocycles. The Morgan fingerprint density at radius 2 is 1.86 bits per heavy atom. The normalized spacial score (nSPS) is 21.8. The Balaban J connectivity index is 1.68. The number of hydrogen-bond acceptors (Lipinski definition) is 5. The monoisotopic (exact) mass is 580 g/mol. The highest BCUT2D eigenvalue weighted by Crippen LogP contribution is 2.37. The highest BCUT2D eigenvalue weighted by atomic mass is 127. The molecule has 2 aliphatic heterocycles. The van der Waals surface area contributed by atoms with Gasteiger partial charge in [-0.05, 0) is 78.2 Å². The van der Waals surface area contributed by atoms with Crippen molar-refractivity contribution in [1.82, 2.24) is 14.9 Å². The molecule has 0 unspecified atom stereocenters. The molecule has 2 atom stereocenters. The maximum atomic E-state index is 14.7. The van der Waals surface area contributed by atoms with Crippen LogP contribution in [0.1, 0.15) is 33.6 Å². The van der Waals surface area contributed by atoms with Crippen LogP contribution in [0.4, 0.5) is 19.4 Å². The maximum absolute atomic E-state index is 14.7. The Morgan fingerprint density at radius 1 is 1.24 bits per heavy atom. The molecule has 2 saturated heterocycles. The average molecular weight is 581 g/mol. The van der Waals surface area contributed by atoms with Gasteiger partial charge in [-0.3, -0.25) is 4.90 Å². The molecule has 2 bridgehead atoms. The highest BCUT2D eigenvalue weighted by Gasteiger charge is 2.45. The number of ether oxygens (including phenoxy) is 1. The number of fused-ring (bicyclic) bond motifs is 3. The number of hydrogen-bond donors (Lipinski definition) is 0. The van der Waals surface area contributed by atoms with Crippen molar-refractivity contribution >= 4 is 61.3 Å². The van der Waals surface area contributed by atoms with Gasteiger partial charge in [-0.25, -0.2) is 9.18 Å². The summed E-state index contributed by atoms with van der Waals surface area (Å²) in [6.07, 6.45) is 0.376. The molecule has 3 heterocycles. The van der Waals surface area contributed by atoms with Crippen LogP contribution < -0.4 is 4.90 Å². The third kappa shape index (κ3) is 3.89. The van der Waals surface area contributed by atoms with Crippen LogP contribution in [0.5, 0.6) is 0 Å². The van der Waals surface area contributed by atoms with Crippen LogP contribution in [0.25, 0.3) is 10.9 Å². The number of aromatic nitrogens is 2. The van der Waals surface area contributed by atoms with Gasteiger partial charge in [0.25, 0.3) is 0 Å². The van der Waals surface area contributed by atoms with Crippen LogP contribution >= 0.6 is 38.5 Å². The van der Waals surface area contributed by atoms with E-state index in [1.165, 1.54) is 0 Å². The van der Waals surface area contributed by atoms with Gasteiger partial charge in [0.05, 0.1) is 16.6 Å². The summed E-state index contributed by atoms with van der Waals surface area (Å²) >= 11 is 5.20. The summed E-state index contributed by atoms with van der Waals surface area (Å²) in [4.78, 5) is 24.0. The van der Waals surface area contributed by atoms with Crippen molar-refractivity contribution in [1.29, 1.82) is 0 Å². The van der Waals surface area contributed by atoms with Gasteiger partial charge in [0.1, 0.15) is 16.9 Å². The molecule has 2 fully saturated rings. The second kappa shape index (κ2) is 7.44. The van der Waals surface area contributed by atoms with Crippen molar-refractivity contribution < 1.29 is 18.3 Å². The van der Waals surface area contributed by atoms with E-state index in [1.807, 2.05) is 48.3 Å². The Bertz CT molecular complexity index is 987. The lowest BCUT2D eigenvalue weighted by atomic mass is 10.1. The minimum absolute atomic E-state index is 0.0540. The predicted octanol–water partition coefficient (Wildman–Crippen LogP) is 4.86. The van der Waals surface area contributed by atoms with E-state index in [0.717, 1.165) is 12.8 Å². The fraction of sp³-hybridized carbons (Fsp3) is 0.526. The van der Waals surface area contributed by atoms with E-state index in [-0.39, 0.29) is 28.2 Å². The SMILES string of the molecule is CC(C)(C)OC(=O)N1[C@@H]2CC[C@H]1CN(c1nc(F)nc3c(F)c(Br)c(I)cc13)C2. The van der Waals surface area contributed by atoms with Crippen molar-refractivity contribution in [3.05, 3.63) is 26.0 Å². The lowest BCUT2D eigenvalue weighted by molar-refractivity contribution is 0.0123. The van der Waals surface area contributed by atoms with Crippen molar-refractivity contribution in [3.8, 4) is 0 Å². The van der Waals surface area contributed by atoms with Crippen LogP contribution in [0.2, 0.25) is 0 Å². The minimum Gasteiger partial charge on any atom is -0.444 e. The number of amides is 1. The van der Waals surface area contributed by atoms with Gasteiger partial charge in [-0.15, -0.1) is 0 Å². The molecular weight excluding hydrogens is 561 g/mol. The van der Waals surface area contributed by atoms with Gasteiger partial charge in [-0.2, -0.15) is 14.4 Å². The summed E-state index contributed by atoms with van der Waals surface area (Å²) in [6.45, 7) is 6.48. The quantitative estimate of drug-likeness (QED) is 0.274. The zero-order valence-corrected chi connectivity index (χ0v) is 19.9. The second-order valence-electron chi connectivity index (χ2n) is 8.38. The van der Waals surface area contributed by atoms with Gasteiger partial charge in [0.2, 0.25) is 0 Å². The number of piperazine rings is 1. The zero-order chi connectivity index (χ0) is 21.1. The maximum Gasteiger partial charge on any atom is 0.410 e. The summed E-state index contributed by atoms with van der Waals surface area (Å²) in [7, 11) is 0. The summed E-state index contributed by atoms with van der Waals surface area (Å²) < 4.78 is 35.3. The van der Waals surface area contributed by atoms with Gasteiger partial charge < -0.3 is 9.64 Å². The molecule has 2 aromatic rings. The van der Waals surface area contributed by atoms with E-state index in [0.29, 0.717) is 27.9 Å². The van der Waals surface area contributed by atoms with Gasteiger partial charge in [0.15, 0.2) is 5.82 Å². The fourth-order valence-electron chi connectivity index (χ4n) is 4.06. The number of halogens is 4. The number of anilines is 1. The number of carbonyl (C=O) groups is 1. The summed E-state index contributed by atoms with van der Waals surface area (Å²) in [5, 5.41) is 0.460. The Morgan fingerprint density at radius 3 is 2.45 bits per heavy atom. The molecule has 156 valence electrons. The molecule has 4 rings (SSSR count). The van der Waals surface area contributed by atoms with Gasteiger partial charge in [-0.1, -0.05) is 0 Å². The summed E-state index contributed by atoms with van der Waals surface area (Å²) in [5.41, 5.74) is -0.622. The molecular formula is C19H20BrF2IN4O2. The van der Waals surface area contributed by atoms with E-state index in [4.69, 9.17) is 4.74 Å². The number of benzene rings is 1. The molecule has 2 aliphatic rings. The topological polar surface area (TPSA) is 58.6 Å². The molecule has 0 radical (unpaired) electrons. The molecule has 1 amide bonds. The standard InChI is InChI=1S/C19H20BrF2IN4O2/c1-19(2,3)29-18(28)27-9-4-5-10(27)8-26(7-9)16-11-6-12(23)13(20)14(21)15(11)24-17(22)25-16/h6,9-10H,4-5,7-8H2,1-3H3/t9-,10+. The van der Waals surface area contributed by atoms with Crippen LogP contribution in [0.3, 0.4) is 0 Å². The first kappa shape index (κ1) is 21.0. The van der Waals surface area contributed by atoms with E-state index >= 15 is 0 Å². The third-order valence-corrected chi connectivity index (χ3v) is 7.53. The van der Waals surface area contributed by atoms with E-state index < -0.39 is 17.5 Å². The highest BCUT2D eigenvalue weighted by molar-refractivity contribution is 14.1. The third-order valence-electron chi connectivity index (χ3n) is 5.17. The van der Waals surface area contributed by atoms with Gasteiger partial charge in [0, 0.05) is 22.0 Å². The molecule has 0 N–H and O–H groups in total. The molecule has 0 aliphatic carbocycles. The van der Waals surface area contributed by atoms with Crippen molar-refractivity contribution in [2.75, 3.05) is 18.0 Å². The summed E-state index contributed by atoms with van der Waals surface area (Å²) in [5.74, 6) is -0.248. The lowest BCUT2D eigenvalue weighted by Crippen LogP contribution is -2.57. The summed E-state index contributed by atoms with van der Waals surface area (Å²) in [6, 6.07) is 1.63. The smallest absolute Gasteiger partial charge is 0.410 e. The number of rotatable bonds is 1. The van der Waals surface area contributed by atoms with E-state index in [2.05, 4.69) is 25.9 Å². The van der Waals surface area contributed by atoms with Crippen LogP contribution in [0.15, 0.2) is 10.5 Å². The van der Waals surface area contributed by atoms with E-state index in [1.54, 1.807) is 11.0 Å². The molecule has 6 nitrogen and oxygen atoms in total. The van der Waals surface area contributed by atoms with Crippen LogP contribution in [-0.4, -0.2) is 51.7 Å². The number of nitrogens with zero attached hydrogens (tertiary/aromatic N) is 4. The Labute approximate surface area is 189 Å². The minimum atomic E-state index is -0.971. The first-order chi connectivity index (χ1) is 13.5. The largest absolute Gasteiger partial charge is 0.444 e. The van der Waals surface area contributed by atoms with Crippen molar-refractivity contribution in [2.24, 2.45) is 0 Å². The Kier molecular flexibility index (Phi) is 5.37. The van der Waals surface area contributed by atoms with E-state index in [9.17, 15) is 13.6 Å². The van der Waals surface area contributed by atoms with Crippen LogP contribution in [0, 0.1) is 15.5 Å². The fourth-order valence-corrected chi connectivity index (χ4v) is 4.91. The molecule has 0 spiro atoms. The average Bonchev–Trinajstić information content (AvgIpc) is 2.89. The number of carbonyl (C=O) groups excluding carboxylic acids is 1. The molecule has 10 heteroatoms. The van der Waals surface area contributed by atoms with Crippen molar-refractivity contribution in [3.63, 3.8) is 0 Å². The molecule has 29 heavy (non-hydrogen) atoms. The predicted molar refractivity (Wildman–Crippen MR) is 117 cm³/mol. The first-order valence-corrected chi connectivity index (χ1v) is 11.2. The first-order valence-electron chi connectivity index (χ1n) is 9.32. The second-order valence-corrected chi connectivity index (χ2v) is 10.3. The zero-order valence-electron chi connectivity index (χ0n) is 16.2. The molecule has 1 aromatic carbocycles. The van der Waals surface area contributed by atoms with Crippen molar-refractivity contribution in [2.45, 2.75) is 51.3 Å². The van der Waals surface area contributed by atoms with Gasteiger partial charge >= 0.3 is 12.2 Å². The van der Waals surface area contributed by atoms with Crippen LogP contribution in [-0.2, 0) is 4.74 Å². The lowest BCUT2D eigenvalue weighted by Gasteiger charge is -2.42. The molecule has 1 aromatic heterocycles.